The van der Waals surface area contributed by atoms with Gasteiger partial charge in [-0.2, -0.15) is 0 Å². The van der Waals surface area contributed by atoms with Gasteiger partial charge in [0, 0.05) is 34.3 Å². The van der Waals surface area contributed by atoms with E-state index in [1.165, 1.54) is 24.0 Å². The largest absolute Gasteiger partial charge is 0.490 e. The summed E-state index contributed by atoms with van der Waals surface area (Å²) in [5, 5.41) is 0.538. The Kier molecular flexibility index (Phi) is 7.45. The van der Waals surface area contributed by atoms with Crippen molar-refractivity contribution in [2.45, 2.75) is 69.5 Å². The van der Waals surface area contributed by atoms with Crippen LogP contribution in [0.4, 0.5) is 5.69 Å². The number of hydrogen-bond donors (Lipinski definition) is 1. The van der Waals surface area contributed by atoms with Crippen molar-refractivity contribution in [2.24, 2.45) is 17.8 Å². The Bertz CT molecular complexity index is 1440. The highest BCUT2D eigenvalue weighted by Gasteiger charge is 2.43. The molecule has 2 bridgehead atoms. The molecule has 1 N–H and O–H groups in total. The number of aryl methyl sites for hydroxylation is 1. The Morgan fingerprint density at radius 3 is 2.70 bits per heavy atom. The fourth-order valence-electron chi connectivity index (χ4n) is 7.18. The number of ether oxygens (including phenoxy) is 1. The van der Waals surface area contributed by atoms with Crippen molar-refractivity contribution in [3.63, 3.8) is 0 Å². The highest BCUT2D eigenvalue weighted by Crippen LogP contribution is 2.46. The number of nitrogens with one attached hydrogen (secondary N) is 1. The van der Waals surface area contributed by atoms with Gasteiger partial charge in [-0.25, -0.2) is 4.21 Å². The van der Waals surface area contributed by atoms with Gasteiger partial charge < -0.3 is 9.64 Å². The Morgan fingerprint density at radius 1 is 1.10 bits per heavy atom. The summed E-state index contributed by atoms with van der Waals surface area (Å²) in [5.74, 6) is 5.83. The summed E-state index contributed by atoms with van der Waals surface area (Å²) in [6.45, 7) is 6.38. The second-order valence-corrected chi connectivity index (χ2v) is 15.5. The average molecular weight is 581 g/mol. The van der Waals surface area contributed by atoms with E-state index in [4.69, 9.17) is 16.3 Å². The summed E-state index contributed by atoms with van der Waals surface area (Å²) in [4.78, 5) is 15.9. The molecule has 2 aliphatic heterocycles. The molecule has 2 aromatic carbocycles. The van der Waals surface area contributed by atoms with Crippen LogP contribution in [0, 0.1) is 17.8 Å². The minimum absolute atomic E-state index is 0.145. The minimum atomic E-state index is -2.83. The number of halogens is 1. The van der Waals surface area contributed by atoms with E-state index in [1.807, 2.05) is 25.1 Å². The molecule has 1 spiro atoms. The SMILES string of the molecule is C=S1(=O)NC(=O)c2ccc3c(c2)N(CC2CCC2CC=CCC(C)C1C)CC1(CCCc2cc(Cl)ccc21)CO3. The molecule has 2 aliphatic carbocycles. The number of carbonyl (C=O) groups excluding carboxylic acids is 1. The van der Waals surface area contributed by atoms with Crippen molar-refractivity contribution in [2.75, 3.05) is 24.6 Å². The maximum absolute atomic E-state index is 13.6. The molecule has 0 saturated heterocycles. The Morgan fingerprint density at radius 2 is 1.90 bits per heavy atom. The van der Waals surface area contributed by atoms with Crippen LogP contribution in [0.3, 0.4) is 0 Å². The zero-order valence-electron chi connectivity index (χ0n) is 23.7. The molecular weight excluding hydrogens is 540 g/mol. The monoisotopic (exact) mass is 580 g/mol. The molecule has 2 heterocycles. The molecule has 1 amide bonds. The van der Waals surface area contributed by atoms with E-state index in [2.05, 4.69) is 46.7 Å². The van der Waals surface area contributed by atoms with Gasteiger partial charge in [0.05, 0.1) is 22.0 Å². The van der Waals surface area contributed by atoms with Crippen LogP contribution >= 0.6 is 11.6 Å². The molecule has 1 fully saturated rings. The number of rotatable bonds is 0. The number of benzene rings is 2. The molecule has 0 radical (unpaired) electrons. The summed E-state index contributed by atoms with van der Waals surface area (Å²) in [5.41, 5.74) is 3.97. The predicted octanol–water partition coefficient (Wildman–Crippen LogP) is 6.58. The van der Waals surface area contributed by atoms with E-state index in [0.717, 1.165) is 61.7 Å². The fourth-order valence-corrected chi connectivity index (χ4v) is 8.86. The smallest absolute Gasteiger partial charge is 0.262 e. The van der Waals surface area contributed by atoms with E-state index < -0.39 is 9.71 Å². The number of amides is 1. The van der Waals surface area contributed by atoms with Gasteiger partial charge in [-0.05, 0) is 117 Å². The predicted molar refractivity (Wildman–Crippen MR) is 166 cm³/mol. The Balaban J connectivity index is 1.41. The van der Waals surface area contributed by atoms with E-state index in [0.29, 0.717) is 24.0 Å². The van der Waals surface area contributed by atoms with Crippen LogP contribution < -0.4 is 14.4 Å². The van der Waals surface area contributed by atoms with Gasteiger partial charge in [-0.3, -0.25) is 9.52 Å². The van der Waals surface area contributed by atoms with Crippen molar-refractivity contribution >= 4 is 38.8 Å². The molecular formula is C33H41ClN2O3S. The van der Waals surface area contributed by atoms with Gasteiger partial charge in [-0.1, -0.05) is 36.7 Å². The van der Waals surface area contributed by atoms with Crippen LogP contribution in [-0.2, 0) is 21.5 Å². The zero-order valence-corrected chi connectivity index (χ0v) is 25.2. The first kappa shape index (κ1) is 27.7. The van der Waals surface area contributed by atoms with Crippen LogP contribution in [0.25, 0.3) is 0 Å². The molecule has 7 heteroatoms. The number of allylic oxidation sites excluding steroid dienone is 2. The standard InChI is InChI=1S/C33H41ClN2O3S/c1-22-7-4-5-8-24-10-11-27(24)19-36-20-33(16-6-9-25-17-28(34)13-14-29(25)33)21-39-31-15-12-26(18-30(31)36)32(37)35-40(3,38)23(22)2/h4-5,12-15,17-18,22-24,27H,3,6-11,16,19-21H2,1-2H3,(H,35,37,38). The normalized spacial score (nSPS) is 34.1. The first-order valence-electron chi connectivity index (χ1n) is 14.8. The second kappa shape index (κ2) is 10.8. The lowest BCUT2D eigenvalue weighted by Gasteiger charge is -2.44. The molecule has 6 unspecified atom stereocenters. The summed E-state index contributed by atoms with van der Waals surface area (Å²) in [6.07, 6.45) is 12.1. The van der Waals surface area contributed by atoms with Crippen molar-refractivity contribution in [1.29, 1.82) is 0 Å². The van der Waals surface area contributed by atoms with Crippen molar-refractivity contribution in [1.82, 2.24) is 4.72 Å². The topological polar surface area (TPSA) is 58.6 Å². The number of hydrogen-bond acceptors (Lipinski definition) is 4. The lowest BCUT2D eigenvalue weighted by Crippen LogP contribution is -2.48. The third-order valence-corrected chi connectivity index (χ3v) is 12.5. The number of carbonyl (C=O) groups is 1. The summed E-state index contributed by atoms with van der Waals surface area (Å²) < 4.78 is 22.9. The van der Waals surface area contributed by atoms with Gasteiger partial charge in [0.25, 0.3) is 5.91 Å². The van der Waals surface area contributed by atoms with E-state index in [9.17, 15) is 9.00 Å². The summed E-state index contributed by atoms with van der Waals surface area (Å²) in [6, 6.07) is 12.0. The zero-order chi connectivity index (χ0) is 28.1. The summed E-state index contributed by atoms with van der Waals surface area (Å²) in [7, 11) is -2.83. The molecule has 5 nitrogen and oxygen atoms in total. The Hall–Kier alpha value is -2.44. The maximum atomic E-state index is 13.6. The summed E-state index contributed by atoms with van der Waals surface area (Å²) >= 11 is 6.41. The second-order valence-electron chi connectivity index (χ2n) is 12.7. The number of nitrogens with zero attached hydrogens (tertiary/aromatic N) is 1. The van der Waals surface area contributed by atoms with Crippen LogP contribution in [0.15, 0.2) is 48.6 Å². The first-order chi connectivity index (χ1) is 19.1. The van der Waals surface area contributed by atoms with Crippen molar-refractivity contribution in [3.05, 3.63) is 70.3 Å². The highest BCUT2D eigenvalue weighted by atomic mass is 35.5. The quantitative estimate of drug-likeness (QED) is 0.283. The van der Waals surface area contributed by atoms with E-state index >= 15 is 0 Å². The van der Waals surface area contributed by atoms with E-state index in [1.54, 1.807) is 6.07 Å². The van der Waals surface area contributed by atoms with Crippen molar-refractivity contribution in [3.8, 4) is 5.75 Å². The number of anilines is 1. The lowest BCUT2D eigenvalue weighted by atomic mass is 9.69. The Labute approximate surface area is 244 Å². The molecule has 4 aliphatic rings. The van der Waals surface area contributed by atoms with Gasteiger partial charge in [0.15, 0.2) is 0 Å². The molecule has 6 atom stereocenters. The fraction of sp³-hybridized carbons (Fsp3) is 0.515. The average Bonchev–Trinajstić information content (AvgIpc) is 3.06. The van der Waals surface area contributed by atoms with Gasteiger partial charge in [0.2, 0.25) is 0 Å². The highest BCUT2D eigenvalue weighted by molar-refractivity contribution is 7.99. The third-order valence-electron chi connectivity index (χ3n) is 10.1. The van der Waals surface area contributed by atoms with Crippen LogP contribution in [0.1, 0.15) is 73.9 Å². The molecule has 0 aromatic heterocycles. The molecule has 6 rings (SSSR count). The van der Waals surface area contributed by atoms with Gasteiger partial charge in [0.1, 0.15) is 5.75 Å². The van der Waals surface area contributed by atoms with Crippen LogP contribution in [0.2, 0.25) is 5.02 Å². The van der Waals surface area contributed by atoms with Gasteiger partial charge >= 0.3 is 0 Å². The first-order valence-corrected chi connectivity index (χ1v) is 17.0. The lowest BCUT2D eigenvalue weighted by molar-refractivity contribution is 0.0982. The maximum Gasteiger partial charge on any atom is 0.262 e. The molecule has 2 aromatic rings. The molecule has 1 saturated carbocycles. The van der Waals surface area contributed by atoms with Gasteiger partial charge in [-0.15, -0.1) is 0 Å². The third kappa shape index (κ3) is 5.18. The minimum Gasteiger partial charge on any atom is -0.490 e. The number of fused-ring (bicyclic) bond motifs is 4. The molecule has 214 valence electrons. The van der Waals surface area contributed by atoms with Crippen molar-refractivity contribution < 1.29 is 13.7 Å². The van der Waals surface area contributed by atoms with Crippen LogP contribution in [-0.4, -0.2) is 40.9 Å². The van der Waals surface area contributed by atoms with E-state index in [-0.39, 0.29) is 22.5 Å². The molecule has 40 heavy (non-hydrogen) atoms. The van der Waals surface area contributed by atoms with Crippen LogP contribution in [0.5, 0.6) is 5.75 Å².